The number of thiophene rings is 1. The van der Waals surface area contributed by atoms with E-state index in [4.69, 9.17) is 4.74 Å². The number of anilines is 1. The Balaban J connectivity index is 2.41. The molecule has 1 heterocycles. The summed E-state index contributed by atoms with van der Waals surface area (Å²) >= 11 is 1.11. The summed E-state index contributed by atoms with van der Waals surface area (Å²) < 4.78 is 5.18. The van der Waals surface area contributed by atoms with E-state index < -0.39 is 5.97 Å². The van der Waals surface area contributed by atoms with Gasteiger partial charge >= 0.3 is 5.97 Å². The fourth-order valence-electron chi connectivity index (χ4n) is 3.10. The van der Waals surface area contributed by atoms with E-state index in [1.807, 2.05) is 26.0 Å². The van der Waals surface area contributed by atoms with Gasteiger partial charge in [-0.3, -0.25) is 9.59 Å². The molecule has 0 aliphatic rings. The predicted octanol–water partition coefficient (Wildman–Crippen LogP) is 5.09. The molecule has 0 saturated heterocycles. The van der Waals surface area contributed by atoms with Crippen LogP contribution in [-0.4, -0.2) is 42.4 Å². The Hall–Kier alpha value is -2.67. The normalized spacial score (nSPS) is 10.8. The molecule has 2 rings (SSSR count). The fraction of sp³-hybridized carbons (Fsp3) is 0.435. The lowest BCUT2D eigenvalue weighted by molar-refractivity contribution is 0.0527. The minimum absolute atomic E-state index is 0.158. The molecule has 0 unspecified atom stereocenters. The van der Waals surface area contributed by atoms with Crippen LogP contribution in [0.5, 0.6) is 0 Å². The Morgan fingerprint density at radius 2 is 1.67 bits per heavy atom. The van der Waals surface area contributed by atoms with Gasteiger partial charge in [-0.1, -0.05) is 26.0 Å². The van der Waals surface area contributed by atoms with Crippen molar-refractivity contribution in [2.45, 2.75) is 47.5 Å². The van der Waals surface area contributed by atoms with Gasteiger partial charge in [0, 0.05) is 18.7 Å². The number of esters is 1. The van der Waals surface area contributed by atoms with Gasteiger partial charge in [0.1, 0.15) is 5.00 Å². The zero-order chi connectivity index (χ0) is 22.4. The molecular weight excluding hydrogens is 400 g/mol. The van der Waals surface area contributed by atoms with Crippen LogP contribution in [-0.2, 0) is 4.74 Å². The summed E-state index contributed by atoms with van der Waals surface area (Å²) in [6, 6.07) is 7.36. The first-order chi connectivity index (χ1) is 14.2. The van der Waals surface area contributed by atoms with E-state index in [0.29, 0.717) is 40.0 Å². The molecule has 6 nitrogen and oxygen atoms in total. The van der Waals surface area contributed by atoms with Crippen molar-refractivity contribution in [2.24, 2.45) is 0 Å². The molecule has 0 radical (unpaired) electrons. The van der Waals surface area contributed by atoms with Gasteiger partial charge in [-0.15, -0.1) is 11.3 Å². The summed E-state index contributed by atoms with van der Waals surface area (Å²) in [4.78, 5) is 40.4. The number of benzene rings is 1. The molecule has 1 aromatic carbocycles. The molecular formula is C23H30N2O4S. The number of hydrogen-bond donors (Lipinski definition) is 1. The maximum atomic E-state index is 12.9. The van der Waals surface area contributed by atoms with Crippen molar-refractivity contribution in [3.63, 3.8) is 0 Å². The molecule has 0 atom stereocenters. The summed E-state index contributed by atoms with van der Waals surface area (Å²) in [6.45, 7) is 12.7. The average Bonchev–Trinajstić information content (AvgIpc) is 3.04. The number of hydrogen-bond acceptors (Lipinski definition) is 5. The van der Waals surface area contributed by atoms with Crippen molar-refractivity contribution in [1.82, 2.24) is 4.90 Å². The van der Waals surface area contributed by atoms with Gasteiger partial charge in [0.05, 0.1) is 17.0 Å². The van der Waals surface area contributed by atoms with Crippen LogP contribution in [0, 0.1) is 6.92 Å². The molecule has 0 spiro atoms. The number of amides is 2. The molecule has 162 valence electrons. The van der Waals surface area contributed by atoms with Crippen LogP contribution in [0.4, 0.5) is 5.00 Å². The summed E-state index contributed by atoms with van der Waals surface area (Å²) in [6.07, 6.45) is 0. The van der Waals surface area contributed by atoms with Crippen LogP contribution in [0.2, 0.25) is 0 Å². The van der Waals surface area contributed by atoms with Crippen LogP contribution >= 0.6 is 11.3 Å². The molecule has 2 aromatic rings. The van der Waals surface area contributed by atoms with Crippen LogP contribution in [0.3, 0.4) is 0 Å². The molecule has 0 bridgehead atoms. The molecule has 2 amide bonds. The highest BCUT2D eigenvalue weighted by Gasteiger charge is 2.28. The van der Waals surface area contributed by atoms with Crippen molar-refractivity contribution >= 4 is 34.1 Å². The summed E-state index contributed by atoms with van der Waals surface area (Å²) in [5.41, 5.74) is 2.39. The van der Waals surface area contributed by atoms with Gasteiger partial charge < -0.3 is 15.0 Å². The zero-order valence-electron chi connectivity index (χ0n) is 18.5. The smallest absolute Gasteiger partial charge is 0.341 e. The first kappa shape index (κ1) is 23.6. The van der Waals surface area contributed by atoms with Gasteiger partial charge in [0.15, 0.2) is 0 Å². The van der Waals surface area contributed by atoms with E-state index in [1.54, 1.807) is 30.9 Å². The van der Waals surface area contributed by atoms with Crippen LogP contribution in [0.15, 0.2) is 24.3 Å². The van der Waals surface area contributed by atoms with Gasteiger partial charge in [0.25, 0.3) is 11.8 Å². The Kier molecular flexibility index (Phi) is 8.17. The number of carbonyl (C=O) groups excluding carboxylic acids is 3. The minimum atomic E-state index is -0.546. The van der Waals surface area contributed by atoms with Gasteiger partial charge in [0.2, 0.25) is 0 Å². The van der Waals surface area contributed by atoms with E-state index in [1.165, 1.54) is 0 Å². The second kappa shape index (κ2) is 10.4. The van der Waals surface area contributed by atoms with E-state index in [2.05, 4.69) is 19.2 Å². The third-order valence-corrected chi connectivity index (χ3v) is 6.13. The van der Waals surface area contributed by atoms with E-state index in [-0.39, 0.29) is 24.0 Å². The van der Waals surface area contributed by atoms with E-state index in [0.717, 1.165) is 16.9 Å². The molecule has 0 aliphatic heterocycles. The highest BCUT2D eigenvalue weighted by molar-refractivity contribution is 7.18. The van der Waals surface area contributed by atoms with Crippen molar-refractivity contribution in [3.05, 3.63) is 51.4 Å². The monoisotopic (exact) mass is 430 g/mol. The standard InChI is InChI=1S/C23H30N2O4S/c1-7-25(8-2)22(27)19-15(6)18(23(28)29-9-3)21(30-19)24-20(26)17-12-10-16(11-13-17)14(4)5/h10-14H,7-9H2,1-6H3,(H,24,26). The fourth-order valence-corrected chi connectivity index (χ4v) is 4.26. The average molecular weight is 431 g/mol. The SMILES string of the molecule is CCOC(=O)c1c(NC(=O)c2ccc(C(C)C)cc2)sc(C(=O)N(CC)CC)c1C. The maximum Gasteiger partial charge on any atom is 0.341 e. The van der Waals surface area contributed by atoms with Crippen LogP contribution < -0.4 is 5.32 Å². The molecule has 1 N–H and O–H groups in total. The topological polar surface area (TPSA) is 75.7 Å². The number of nitrogens with zero attached hydrogens (tertiary/aromatic N) is 1. The highest BCUT2D eigenvalue weighted by Crippen LogP contribution is 2.35. The van der Waals surface area contributed by atoms with Gasteiger partial charge in [-0.05, 0) is 56.9 Å². The van der Waals surface area contributed by atoms with E-state index >= 15 is 0 Å². The third kappa shape index (κ3) is 5.08. The van der Waals surface area contributed by atoms with Crippen molar-refractivity contribution in [1.29, 1.82) is 0 Å². The summed E-state index contributed by atoms with van der Waals surface area (Å²) in [5, 5.41) is 3.15. The lowest BCUT2D eigenvalue weighted by Crippen LogP contribution is -2.30. The van der Waals surface area contributed by atoms with Gasteiger partial charge in [-0.25, -0.2) is 4.79 Å². The minimum Gasteiger partial charge on any atom is -0.462 e. The zero-order valence-corrected chi connectivity index (χ0v) is 19.3. The summed E-state index contributed by atoms with van der Waals surface area (Å²) in [5.74, 6) is -0.671. The summed E-state index contributed by atoms with van der Waals surface area (Å²) in [7, 11) is 0. The number of ether oxygens (including phenoxy) is 1. The Morgan fingerprint density at radius 3 is 2.17 bits per heavy atom. The molecule has 0 aliphatic carbocycles. The predicted molar refractivity (Wildman–Crippen MR) is 121 cm³/mol. The van der Waals surface area contributed by atoms with Crippen molar-refractivity contribution in [2.75, 3.05) is 25.0 Å². The molecule has 7 heteroatoms. The third-order valence-electron chi connectivity index (χ3n) is 4.94. The van der Waals surface area contributed by atoms with Gasteiger partial charge in [-0.2, -0.15) is 0 Å². The Labute approximate surface area is 182 Å². The molecule has 1 aromatic heterocycles. The lowest BCUT2D eigenvalue weighted by Gasteiger charge is -2.18. The van der Waals surface area contributed by atoms with E-state index in [9.17, 15) is 14.4 Å². The largest absolute Gasteiger partial charge is 0.462 e. The number of nitrogens with one attached hydrogen (secondary N) is 1. The Morgan fingerprint density at radius 1 is 1.07 bits per heavy atom. The second-order valence-electron chi connectivity index (χ2n) is 7.19. The second-order valence-corrected chi connectivity index (χ2v) is 8.21. The highest BCUT2D eigenvalue weighted by atomic mass is 32.1. The lowest BCUT2D eigenvalue weighted by atomic mass is 10.0. The van der Waals surface area contributed by atoms with Crippen molar-refractivity contribution < 1.29 is 19.1 Å². The molecule has 30 heavy (non-hydrogen) atoms. The van der Waals surface area contributed by atoms with Crippen molar-refractivity contribution in [3.8, 4) is 0 Å². The Bertz CT molecular complexity index is 912. The van der Waals surface area contributed by atoms with Crippen LogP contribution in [0.1, 0.15) is 82.1 Å². The number of rotatable bonds is 8. The first-order valence-corrected chi connectivity index (χ1v) is 11.1. The first-order valence-electron chi connectivity index (χ1n) is 10.3. The molecule has 0 fully saturated rings. The molecule has 0 saturated carbocycles. The maximum absolute atomic E-state index is 12.9. The van der Waals surface area contributed by atoms with Crippen LogP contribution in [0.25, 0.3) is 0 Å². The number of carbonyl (C=O) groups is 3. The quantitative estimate of drug-likeness (QED) is 0.592.